The molecule has 1 aromatic rings. The Bertz CT molecular complexity index is 423. The number of aliphatic carboxylic acids is 1. The van der Waals surface area contributed by atoms with Crippen LogP contribution in [0.15, 0.2) is 12.1 Å². The molecule has 0 radical (unpaired) electrons. The summed E-state index contributed by atoms with van der Waals surface area (Å²) in [5, 5.41) is 8.82. The van der Waals surface area contributed by atoms with Crippen molar-refractivity contribution in [2.75, 3.05) is 0 Å². The average Bonchev–Trinajstić information content (AvgIpc) is 2.22. The first-order valence-electron chi connectivity index (χ1n) is 5.10. The first kappa shape index (κ1) is 15.9. The molecule has 17 heavy (non-hydrogen) atoms. The van der Waals surface area contributed by atoms with Gasteiger partial charge < -0.3 is 10.8 Å². The van der Waals surface area contributed by atoms with Crippen LogP contribution in [0.1, 0.15) is 29.5 Å². The first-order chi connectivity index (χ1) is 7.36. The Kier molecular flexibility index (Phi) is 5.58. The lowest BCUT2D eigenvalue weighted by atomic mass is 9.88. The van der Waals surface area contributed by atoms with Gasteiger partial charge in [-0.05, 0) is 36.6 Å². The Balaban J connectivity index is 0.00000256. The fraction of sp³-hybridized carbons (Fsp3) is 0.417. The maximum absolute atomic E-state index is 13.7. The van der Waals surface area contributed by atoms with E-state index < -0.39 is 23.7 Å². The van der Waals surface area contributed by atoms with E-state index in [1.54, 1.807) is 19.9 Å². The van der Waals surface area contributed by atoms with Crippen LogP contribution < -0.4 is 5.73 Å². The topological polar surface area (TPSA) is 63.3 Å². The predicted molar refractivity (Wildman–Crippen MR) is 67.1 cm³/mol. The van der Waals surface area contributed by atoms with Gasteiger partial charge in [-0.2, -0.15) is 0 Å². The van der Waals surface area contributed by atoms with Crippen LogP contribution in [0, 0.1) is 19.7 Å². The van der Waals surface area contributed by atoms with Crippen LogP contribution in [-0.4, -0.2) is 17.1 Å². The quantitative estimate of drug-likeness (QED) is 0.878. The summed E-state index contributed by atoms with van der Waals surface area (Å²) in [6.07, 6.45) is 0. The molecule has 0 aromatic heterocycles. The van der Waals surface area contributed by atoms with Crippen LogP contribution in [0.5, 0.6) is 0 Å². The van der Waals surface area contributed by atoms with Crippen molar-refractivity contribution in [3.8, 4) is 0 Å². The number of carbonyl (C=O) groups is 1. The van der Waals surface area contributed by atoms with Crippen molar-refractivity contribution < 1.29 is 14.3 Å². The van der Waals surface area contributed by atoms with E-state index in [9.17, 15) is 9.18 Å². The van der Waals surface area contributed by atoms with E-state index in [1.165, 1.54) is 6.07 Å². The average molecular weight is 262 g/mol. The monoisotopic (exact) mass is 261 g/mol. The van der Waals surface area contributed by atoms with Gasteiger partial charge in [0, 0.05) is 5.92 Å². The van der Waals surface area contributed by atoms with Gasteiger partial charge in [-0.3, -0.25) is 4.79 Å². The molecule has 5 heteroatoms. The normalized spacial score (nSPS) is 13.7. The van der Waals surface area contributed by atoms with Gasteiger partial charge in [-0.25, -0.2) is 4.39 Å². The van der Waals surface area contributed by atoms with Gasteiger partial charge in [0.25, 0.3) is 0 Å². The summed E-state index contributed by atoms with van der Waals surface area (Å²) in [6.45, 7) is 5.26. The van der Waals surface area contributed by atoms with Gasteiger partial charge in [-0.1, -0.05) is 13.0 Å². The minimum atomic E-state index is -1.12. The minimum Gasteiger partial charge on any atom is -0.480 e. The zero-order valence-electron chi connectivity index (χ0n) is 10.0. The Morgan fingerprint density at radius 1 is 1.41 bits per heavy atom. The molecule has 0 amide bonds. The molecule has 1 rings (SSSR count). The third-order valence-corrected chi connectivity index (χ3v) is 3.01. The summed E-state index contributed by atoms with van der Waals surface area (Å²) in [4.78, 5) is 10.8. The number of halogens is 2. The van der Waals surface area contributed by atoms with Crippen molar-refractivity contribution in [1.29, 1.82) is 0 Å². The fourth-order valence-corrected chi connectivity index (χ4v) is 1.76. The molecule has 0 aliphatic rings. The number of carboxylic acids is 1. The standard InChI is InChI=1S/C12H16FNO2.ClH/c1-6-4-5-9(13)10(7(6)2)8(3)11(14)12(15)16;/h4-5,8,11H,14H2,1-3H3,(H,15,16);1H/t8-,11+;/m1./s1. The first-order valence-corrected chi connectivity index (χ1v) is 5.10. The van der Waals surface area contributed by atoms with E-state index in [4.69, 9.17) is 10.8 Å². The highest BCUT2D eigenvalue weighted by atomic mass is 35.5. The number of rotatable bonds is 3. The molecule has 0 unspecified atom stereocenters. The van der Waals surface area contributed by atoms with Crippen molar-refractivity contribution in [2.45, 2.75) is 32.7 Å². The maximum atomic E-state index is 13.7. The van der Waals surface area contributed by atoms with E-state index >= 15 is 0 Å². The maximum Gasteiger partial charge on any atom is 0.321 e. The third kappa shape index (κ3) is 3.17. The summed E-state index contributed by atoms with van der Waals surface area (Å²) in [5.74, 6) is -2.06. The highest BCUT2D eigenvalue weighted by Crippen LogP contribution is 2.27. The van der Waals surface area contributed by atoms with Crippen LogP contribution in [0.4, 0.5) is 4.39 Å². The Morgan fingerprint density at radius 3 is 2.41 bits per heavy atom. The summed E-state index contributed by atoms with van der Waals surface area (Å²) < 4.78 is 13.7. The lowest BCUT2D eigenvalue weighted by Crippen LogP contribution is -2.36. The molecule has 0 bridgehead atoms. The molecular weight excluding hydrogens is 245 g/mol. The number of carboxylic acid groups (broad SMARTS) is 1. The SMILES string of the molecule is Cc1ccc(F)c([C@@H](C)[C@H](N)C(=O)O)c1C.Cl. The number of hydrogen-bond donors (Lipinski definition) is 2. The molecule has 0 aliphatic heterocycles. The zero-order chi connectivity index (χ0) is 12.5. The van der Waals surface area contributed by atoms with E-state index in [-0.39, 0.29) is 12.4 Å². The van der Waals surface area contributed by atoms with Crippen molar-refractivity contribution in [3.05, 3.63) is 34.6 Å². The molecule has 0 aliphatic carbocycles. The molecule has 0 saturated heterocycles. The molecule has 0 heterocycles. The molecule has 0 fully saturated rings. The molecule has 0 saturated carbocycles. The van der Waals surface area contributed by atoms with Gasteiger partial charge in [0.2, 0.25) is 0 Å². The van der Waals surface area contributed by atoms with Crippen molar-refractivity contribution in [1.82, 2.24) is 0 Å². The summed E-state index contributed by atoms with van der Waals surface area (Å²) in [6, 6.07) is 1.94. The molecule has 2 atom stereocenters. The zero-order valence-corrected chi connectivity index (χ0v) is 10.8. The highest BCUT2D eigenvalue weighted by molar-refractivity contribution is 5.85. The fourth-order valence-electron chi connectivity index (χ4n) is 1.76. The van der Waals surface area contributed by atoms with Crippen molar-refractivity contribution in [3.63, 3.8) is 0 Å². The molecule has 3 nitrogen and oxygen atoms in total. The van der Waals surface area contributed by atoms with Gasteiger partial charge >= 0.3 is 5.97 Å². The van der Waals surface area contributed by atoms with Crippen molar-refractivity contribution >= 4 is 18.4 Å². The van der Waals surface area contributed by atoms with Gasteiger partial charge in [0.15, 0.2) is 0 Å². The second-order valence-corrected chi connectivity index (χ2v) is 4.06. The number of nitrogens with two attached hydrogens (primary N) is 1. The molecule has 3 N–H and O–H groups in total. The van der Waals surface area contributed by atoms with Crippen LogP contribution in [0.25, 0.3) is 0 Å². The molecule has 96 valence electrons. The largest absolute Gasteiger partial charge is 0.480 e. The van der Waals surface area contributed by atoms with E-state index in [2.05, 4.69) is 0 Å². The second-order valence-electron chi connectivity index (χ2n) is 4.06. The van der Waals surface area contributed by atoms with Crippen LogP contribution in [-0.2, 0) is 4.79 Å². The Morgan fingerprint density at radius 2 is 1.94 bits per heavy atom. The molecule has 1 aromatic carbocycles. The number of hydrogen-bond acceptors (Lipinski definition) is 2. The Hall–Kier alpha value is -1.13. The summed E-state index contributed by atoms with van der Waals surface area (Å²) in [7, 11) is 0. The predicted octanol–water partition coefficient (Wildman–Crippen LogP) is 2.38. The summed E-state index contributed by atoms with van der Waals surface area (Å²) in [5.41, 5.74) is 7.61. The Labute approximate surface area is 106 Å². The van der Waals surface area contributed by atoms with Crippen molar-refractivity contribution in [2.24, 2.45) is 5.73 Å². The number of benzene rings is 1. The van der Waals surface area contributed by atoms with E-state index in [0.717, 1.165) is 11.1 Å². The van der Waals surface area contributed by atoms with Gasteiger partial charge in [-0.15, -0.1) is 12.4 Å². The molecular formula is C12H17ClFNO2. The smallest absolute Gasteiger partial charge is 0.321 e. The van der Waals surface area contributed by atoms with Crippen LogP contribution in [0.3, 0.4) is 0 Å². The van der Waals surface area contributed by atoms with Gasteiger partial charge in [0.1, 0.15) is 11.9 Å². The van der Waals surface area contributed by atoms with E-state index in [1.807, 2.05) is 6.92 Å². The number of aryl methyl sites for hydroxylation is 1. The second kappa shape index (κ2) is 5.98. The van der Waals surface area contributed by atoms with Crippen LogP contribution >= 0.6 is 12.4 Å². The third-order valence-electron chi connectivity index (χ3n) is 3.01. The van der Waals surface area contributed by atoms with E-state index in [0.29, 0.717) is 5.56 Å². The highest BCUT2D eigenvalue weighted by Gasteiger charge is 2.25. The lowest BCUT2D eigenvalue weighted by Gasteiger charge is -2.20. The minimum absolute atomic E-state index is 0. The van der Waals surface area contributed by atoms with Gasteiger partial charge in [0.05, 0.1) is 0 Å². The van der Waals surface area contributed by atoms with Crippen LogP contribution in [0.2, 0.25) is 0 Å². The molecule has 0 spiro atoms. The summed E-state index contributed by atoms with van der Waals surface area (Å²) >= 11 is 0. The lowest BCUT2D eigenvalue weighted by molar-refractivity contribution is -0.139.